The van der Waals surface area contributed by atoms with Crippen LogP contribution in [-0.4, -0.2) is 60.9 Å². The predicted molar refractivity (Wildman–Crippen MR) is 99.2 cm³/mol. The standard InChI is InChI=1S/C20H29N3O3/c1-22-11-5-8-20(18(22)19(21)25)9-12-23(13-10-20)17(24)15-26-14-16-6-3-2-4-7-16/h2-4,6-7,18H,5,8-15H2,1H3,(H2,21,25). The van der Waals surface area contributed by atoms with Crippen LogP contribution in [0.5, 0.6) is 0 Å². The second-order valence-corrected chi connectivity index (χ2v) is 7.61. The fourth-order valence-electron chi connectivity index (χ4n) is 4.58. The van der Waals surface area contributed by atoms with Gasteiger partial charge in [0.25, 0.3) is 0 Å². The molecule has 0 aliphatic carbocycles. The van der Waals surface area contributed by atoms with Gasteiger partial charge in [0.15, 0.2) is 0 Å². The first-order valence-electron chi connectivity index (χ1n) is 9.41. The lowest BCUT2D eigenvalue weighted by Gasteiger charge is -2.51. The number of nitrogens with zero attached hydrogens (tertiary/aromatic N) is 2. The van der Waals surface area contributed by atoms with Gasteiger partial charge >= 0.3 is 0 Å². The highest BCUT2D eigenvalue weighted by Crippen LogP contribution is 2.44. The van der Waals surface area contributed by atoms with E-state index >= 15 is 0 Å². The molecule has 2 fully saturated rings. The summed E-state index contributed by atoms with van der Waals surface area (Å²) in [6, 6.07) is 9.63. The van der Waals surface area contributed by atoms with Crippen LogP contribution in [0.15, 0.2) is 30.3 Å². The average molecular weight is 359 g/mol. The Kier molecular flexibility index (Phi) is 5.94. The molecule has 1 aromatic carbocycles. The van der Waals surface area contributed by atoms with Gasteiger partial charge in [-0.15, -0.1) is 0 Å². The molecule has 1 atom stereocenters. The molecule has 6 heteroatoms. The fourth-order valence-corrected chi connectivity index (χ4v) is 4.58. The maximum Gasteiger partial charge on any atom is 0.248 e. The minimum Gasteiger partial charge on any atom is -0.368 e. The smallest absolute Gasteiger partial charge is 0.248 e. The summed E-state index contributed by atoms with van der Waals surface area (Å²) in [4.78, 5) is 28.4. The lowest BCUT2D eigenvalue weighted by atomic mass is 9.66. The number of likely N-dealkylation sites (N-methyl/N-ethyl adjacent to an activating group) is 1. The molecular formula is C20H29N3O3. The molecule has 2 heterocycles. The molecule has 6 nitrogen and oxygen atoms in total. The molecule has 2 aliphatic rings. The van der Waals surface area contributed by atoms with E-state index in [2.05, 4.69) is 4.90 Å². The van der Waals surface area contributed by atoms with Crippen LogP contribution >= 0.6 is 0 Å². The van der Waals surface area contributed by atoms with Gasteiger partial charge in [0.05, 0.1) is 12.6 Å². The average Bonchev–Trinajstić information content (AvgIpc) is 2.63. The van der Waals surface area contributed by atoms with Crippen LogP contribution in [0, 0.1) is 5.41 Å². The largest absolute Gasteiger partial charge is 0.368 e. The van der Waals surface area contributed by atoms with Crippen molar-refractivity contribution in [1.82, 2.24) is 9.80 Å². The number of hydrogen-bond donors (Lipinski definition) is 1. The van der Waals surface area contributed by atoms with Crippen molar-refractivity contribution in [3.8, 4) is 0 Å². The highest BCUT2D eigenvalue weighted by Gasteiger charge is 2.48. The van der Waals surface area contributed by atoms with Crippen LogP contribution in [0.2, 0.25) is 0 Å². The quantitative estimate of drug-likeness (QED) is 0.862. The number of ether oxygens (including phenoxy) is 1. The minimum absolute atomic E-state index is 0.0237. The molecule has 0 saturated carbocycles. The molecule has 1 aromatic rings. The highest BCUT2D eigenvalue weighted by atomic mass is 16.5. The Morgan fingerprint density at radius 3 is 2.50 bits per heavy atom. The van der Waals surface area contributed by atoms with E-state index in [1.54, 1.807) is 0 Å². The van der Waals surface area contributed by atoms with E-state index in [1.165, 1.54) is 0 Å². The van der Waals surface area contributed by atoms with Gasteiger partial charge in [-0.25, -0.2) is 0 Å². The zero-order valence-electron chi connectivity index (χ0n) is 15.5. The Bertz CT molecular complexity index is 626. The third-order valence-corrected chi connectivity index (χ3v) is 5.92. The molecule has 0 radical (unpaired) electrons. The number of carbonyl (C=O) groups is 2. The first kappa shape index (κ1) is 18.9. The summed E-state index contributed by atoms with van der Waals surface area (Å²) >= 11 is 0. The summed E-state index contributed by atoms with van der Waals surface area (Å²) in [5.41, 5.74) is 6.68. The number of hydrogen-bond acceptors (Lipinski definition) is 4. The first-order chi connectivity index (χ1) is 12.5. The maximum absolute atomic E-state index is 12.4. The van der Waals surface area contributed by atoms with Gasteiger partial charge in [0, 0.05) is 13.1 Å². The lowest BCUT2D eigenvalue weighted by Crippen LogP contribution is -2.60. The van der Waals surface area contributed by atoms with Gasteiger partial charge in [0.1, 0.15) is 6.61 Å². The van der Waals surface area contributed by atoms with Crippen LogP contribution in [0.1, 0.15) is 31.2 Å². The number of rotatable bonds is 5. The summed E-state index contributed by atoms with van der Waals surface area (Å²) in [7, 11) is 1.98. The van der Waals surface area contributed by atoms with Crippen LogP contribution in [-0.2, 0) is 20.9 Å². The lowest BCUT2D eigenvalue weighted by molar-refractivity contribution is -0.142. The monoisotopic (exact) mass is 359 g/mol. The Labute approximate surface area is 155 Å². The topological polar surface area (TPSA) is 75.9 Å². The second kappa shape index (κ2) is 8.18. The third kappa shape index (κ3) is 4.07. The van der Waals surface area contributed by atoms with Crippen molar-refractivity contribution in [3.05, 3.63) is 35.9 Å². The second-order valence-electron chi connectivity index (χ2n) is 7.61. The number of primary amides is 1. The van der Waals surface area contributed by atoms with Crippen LogP contribution in [0.4, 0.5) is 0 Å². The number of likely N-dealkylation sites (tertiary alicyclic amines) is 2. The Hall–Kier alpha value is -1.92. The molecule has 3 rings (SSSR count). The molecule has 26 heavy (non-hydrogen) atoms. The summed E-state index contributed by atoms with van der Waals surface area (Å²) in [5.74, 6) is -0.214. The van der Waals surface area contributed by atoms with Gasteiger partial charge in [0.2, 0.25) is 11.8 Å². The van der Waals surface area contributed by atoms with E-state index in [1.807, 2.05) is 42.3 Å². The Morgan fingerprint density at radius 2 is 1.85 bits per heavy atom. The zero-order valence-corrected chi connectivity index (χ0v) is 15.5. The highest BCUT2D eigenvalue weighted by molar-refractivity contribution is 5.81. The Balaban J connectivity index is 1.51. The normalized spacial score (nSPS) is 23.1. The SMILES string of the molecule is CN1CCCC2(CCN(C(=O)COCc3ccccc3)CC2)C1C(N)=O. The summed E-state index contributed by atoms with van der Waals surface area (Å²) in [5, 5.41) is 0. The fraction of sp³-hybridized carbons (Fsp3) is 0.600. The number of carbonyl (C=O) groups excluding carboxylic acids is 2. The summed E-state index contributed by atoms with van der Waals surface area (Å²) < 4.78 is 5.57. The van der Waals surface area contributed by atoms with Crippen LogP contribution in [0.25, 0.3) is 0 Å². The summed E-state index contributed by atoms with van der Waals surface area (Å²) in [6.45, 7) is 2.79. The molecule has 2 saturated heterocycles. The maximum atomic E-state index is 12.4. The molecule has 2 amide bonds. The molecular weight excluding hydrogens is 330 g/mol. The van der Waals surface area contributed by atoms with Crippen molar-refractivity contribution < 1.29 is 14.3 Å². The number of amides is 2. The van der Waals surface area contributed by atoms with Crippen molar-refractivity contribution in [3.63, 3.8) is 0 Å². The number of piperidine rings is 2. The van der Waals surface area contributed by atoms with Crippen molar-refractivity contribution in [2.45, 2.75) is 38.3 Å². The Morgan fingerprint density at radius 1 is 1.15 bits per heavy atom. The van der Waals surface area contributed by atoms with Crippen LogP contribution in [0.3, 0.4) is 0 Å². The van der Waals surface area contributed by atoms with Gasteiger partial charge in [-0.3, -0.25) is 14.5 Å². The first-order valence-corrected chi connectivity index (χ1v) is 9.41. The molecule has 2 aliphatic heterocycles. The van der Waals surface area contributed by atoms with Gasteiger partial charge in [-0.05, 0) is 50.3 Å². The van der Waals surface area contributed by atoms with E-state index in [4.69, 9.17) is 10.5 Å². The van der Waals surface area contributed by atoms with Gasteiger partial charge < -0.3 is 15.4 Å². The third-order valence-electron chi connectivity index (χ3n) is 5.92. The zero-order chi connectivity index (χ0) is 18.6. The molecule has 2 N–H and O–H groups in total. The molecule has 1 spiro atoms. The molecule has 142 valence electrons. The predicted octanol–water partition coefficient (Wildman–Crippen LogP) is 1.39. The molecule has 0 aromatic heterocycles. The van der Waals surface area contributed by atoms with Crippen molar-refractivity contribution in [1.29, 1.82) is 0 Å². The van der Waals surface area contributed by atoms with Crippen molar-refractivity contribution in [2.75, 3.05) is 33.3 Å². The molecule has 0 bridgehead atoms. The van der Waals surface area contributed by atoms with Crippen LogP contribution < -0.4 is 5.73 Å². The summed E-state index contributed by atoms with van der Waals surface area (Å²) in [6.07, 6.45) is 3.75. The van der Waals surface area contributed by atoms with E-state index < -0.39 is 0 Å². The van der Waals surface area contributed by atoms with E-state index in [0.717, 1.165) is 37.8 Å². The van der Waals surface area contributed by atoms with E-state index in [9.17, 15) is 9.59 Å². The van der Waals surface area contributed by atoms with Gasteiger partial charge in [-0.2, -0.15) is 0 Å². The van der Waals surface area contributed by atoms with E-state index in [-0.39, 0.29) is 29.9 Å². The minimum atomic E-state index is -0.238. The van der Waals surface area contributed by atoms with Gasteiger partial charge in [-0.1, -0.05) is 30.3 Å². The van der Waals surface area contributed by atoms with E-state index in [0.29, 0.717) is 19.7 Å². The van der Waals surface area contributed by atoms with Crippen molar-refractivity contribution in [2.24, 2.45) is 11.1 Å². The number of nitrogens with two attached hydrogens (primary N) is 1. The number of benzene rings is 1. The molecule has 1 unspecified atom stereocenters. The van der Waals surface area contributed by atoms with Crippen molar-refractivity contribution >= 4 is 11.8 Å².